The van der Waals surface area contributed by atoms with Crippen molar-refractivity contribution in [3.63, 3.8) is 0 Å². The minimum atomic E-state index is -3.64. The first-order valence-corrected chi connectivity index (χ1v) is 14.1. The molecule has 1 spiro atoms. The number of benzene rings is 1. The van der Waals surface area contributed by atoms with Gasteiger partial charge < -0.3 is 14.5 Å². The van der Waals surface area contributed by atoms with Crippen LogP contribution in [0, 0.1) is 5.82 Å². The van der Waals surface area contributed by atoms with Gasteiger partial charge in [0.2, 0.25) is 21.8 Å². The molecule has 3 heterocycles. The predicted octanol–water partition coefficient (Wildman–Crippen LogP) is 3.54. The normalized spacial score (nSPS) is 16.4. The van der Waals surface area contributed by atoms with Crippen LogP contribution in [0.2, 0.25) is 0 Å². The number of sulfonamides is 1. The zero-order valence-corrected chi connectivity index (χ0v) is 22.2. The van der Waals surface area contributed by atoms with Crippen LogP contribution in [0.5, 0.6) is 5.88 Å². The van der Waals surface area contributed by atoms with Crippen LogP contribution in [0.25, 0.3) is 22.0 Å². The van der Waals surface area contributed by atoms with E-state index in [9.17, 15) is 13.2 Å². The maximum Gasteiger partial charge on any atom is 0.238 e. The van der Waals surface area contributed by atoms with Gasteiger partial charge in [0.1, 0.15) is 11.5 Å². The molecule has 1 aliphatic carbocycles. The molecular weight excluding hydrogens is 497 g/mol. The quantitative estimate of drug-likeness (QED) is 0.447. The van der Waals surface area contributed by atoms with E-state index in [4.69, 9.17) is 4.74 Å². The van der Waals surface area contributed by atoms with Crippen molar-refractivity contribution in [1.29, 1.82) is 0 Å². The number of carbonyl (C=O) groups excluding carboxylic acids is 1. The maximum absolute atomic E-state index is 16.3. The molecule has 11 heteroatoms. The molecule has 1 N–H and O–H groups in total. The summed E-state index contributed by atoms with van der Waals surface area (Å²) in [5, 5.41) is 0.328. The van der Waals surface area contributed by atoms with Crippen molar-refractivity contribution in [3.8, 4) is 17.0 Å². The van der Waals surface area contributed by atoms with E-state index in [2.05, 4.69) is 14.7 Å². The first kappa shape index (κ1) is 25.3. The van der Waals surface area contributed by atoms with Crippen LogP contribution in [0.4, 0.5) is 15.8 Å². The van der Waals surface area contributed by atoms with Crippen LogP contribution < -0.4 is 14.4 Å². The molecule has 0 unspecified atom stereocenters. The SMILES string of the molecule is CN(C)CCCOc1ncc(-c2ccc3ncc4c(c3c2F)C2(CCC2)C(=O)N4C)cc1NS(C)(=O)=O. The molecule has 2 aromatic heterocycles. The Morgan fingerprint density at radius 1 is 1.22 bits per heavy atom. The minimum Gasteiger partial charge on any atom is -0.476 e. The lowest BCUT2D eigenvalue weighted by molar-refractivity contribution is -0.125. The molecule has 0 atom stereocenters. The number of halogens is 1. The summed E-state index contributed by atoms with van der Waals surface area (Å²) in [6, 6.07) is 4.84. The van der Waals surface area contributed by atoms with Crippen LogP contribution in [0.3, 0.4) is 0 Å². The number of nitrogens with one attached hydrogen (secondary N) is 1. The Morgan fingerprint density at radius 2 is 1.97 bits per heavy atom. The van der Waals surface area contributed by atoms with Crippen molar-refractivity contribution in [2.75, 3.05) is 50.2 Å². The summed E-state index contributed by atoms with van der Waals surface area (Å²) in [7, 11) is 1.96. The number of nitrogens with zero attached hydrogens (tertiary/aromatic N) is 4. The van der Waals surface area contributed by atoms with Gasteiger partial charge in [-0.2, -0.15) is 0 Å². The van der Waals surface area contributed by atoms with E-state index in [-0.39, 0.29) is 23.0 Å². The fourth-order valence-electron chi connectivity index (χ4n) is 5.26. The summed E-state index contributed by atoms with van der Waals surface area (Å²) < 4.78 is 48.6. The Morgan fingerprint density at radius 3 is 2.62 bits per heavy atom. The summed E-state index contributed by atoms with van der Waals surface area (Å²) in [4.78, 5) is 25.5. The molecule has 2 aliphatic rings. The third-order valence-corrected chi connectivity index (χ3v) is 7.75. The molecule has 1 aliphatic heterocycles. The average Bonchev–Trinajstić information content (AvgIpc) is 3.03. The van der Waals surface area contributed by atoms with Crippen molar-refractivity contribution in [2.45, 2.75) is 31.1 Å². The standard InChI is InChI=1S/C26H30FN5O4S/c1-31(2)11-6-12-36-24-19(30-37(4,34)35)13-16(14-29-24)17-7-8-18-21(23(17)27)22-20(15-28-18)32(3)25(33)26(22)9-5-10-26/h7-8,13-15,30H,5-6,9-12H2,1-4H3. The number of hydrogen-bond donors (Lipinski definition) is 1. The third-order valence-electron chi connectivity index (χ3n) is 7.16. The molecule has 9 nitrogen and oxygen atoms in total. The second-order valence-electron chi connectivity index (χ2n) is 10.1. The van der Waals surface area contributed by atoms with Gasteiger partial charge in [-0.1, -0.05) is 6.42 Å². The van der Waals surface area contributed by atoms with Crippen molar-refractivity contribution in [1.82, 2.24) is 14.9 Å². The van der Waals surface area contributed by atoms with Crippen LogP contribution in [0.15, 0.2) is 30.6 Å². The zero-order valence-electron chi connectivity index (χ0n) is 21.3. The van der Waals surface area contributed by atoms with E-state index in [0.29, 0.717) is 47.2 Å². The van der Waals surface area contributed by atoms with E-state index in [1.807, 2.05) is 19.0 Å². The molecule has 1 saturated carbocycles. The van der Waals surface area contributed by atoms with Crippen molar-refractivity contribution in [3.05, 3.63) is 42.0 Å². The molecule has 37 heavy (non-hydrogen) atoms. The molecule has 0 bridgehead atoms. The first-order chi connectivity index (χ1) is 17.5. The highest BCUT2D eigenvalue weighted by Crippen LogP contribution is 2.55. The number of likely N-dealkylation sites (N-methyl/N-ethyl adjacent to an activating group) is 1. The highest BCUT2D eigenvalue weighted by atomic mass is 32.2. The highest BCUT2D eigenvalue weighted by Gasteiger charge is 2.55. The second kappa shape index (κ2) is 9.21. The van der Waals surface area contributed by atoms with Gasteiger partial charge in [-0.25, -0.2) is 17.8 Å². The van der Waals surface area contributed by atoms with Crippen molar-refractivity contribution >= 4 is 38.2 Å². The van der Waals surface area contributed by atoms with Gasteiger partial charge in [-0.15, -0.1) is 0 Å². The Kier molecular flexibility index (Phi) is 6.31. The van der Waals surface area contributed by atoms with Crippen LogP contribution in [-0.2, 0) is 20.2 Å². The molecule has 1 fully saturated rings. The van der Waals surface area contributed by atoms with E-state index in [1.54, 1.807) is 30.3 Å². The number of rotatable bonds is 8. The lowest BCUT2D eigenvalue weighted by Gasteiger charge is -2.37. The van der Waals surface area contributed by atoms with Crippen molar-refractivity contribution in [2.24, 2.45) is 0 Å². The van der Waals surface area contributed by atoms with Gasteiger partial charge in [0, 0.05) is 41.9 Å². The second-order valence-corrected chi connectivity index (χ2v) is 11.8. The molecule has 0 saturated heterocycles. The molecular formula is C26H30FN5O4S. The van der Waals surface area contributed by atoms with E-state index in [1.165, 1.54) is 12.3 Å². The van der Waals surface area contributed by atoms with E-state index < -0.39 is 21.3 Å². The number of hydrogen-bond acceptors (Lipinski definition) is 7. The monoisotopic (exact) mass is 527 g/mol. The topological polar surface area (TPSA) is 105 Å². The summed E-state index contributed by atoms with van der Waals surface area (Å²) >= 11 is 0. The van der Waals surface area contributed by atoms with Gasteiger partial charge in [0.15, 0.2) is 0 Å². The van der Waals surface area contributed by atoms with Gasteiger partial charge in [-0.05, 0) is 51.6 Å². The van der Waals surface area contributed by atoms with Gasteiger partial charge in [0.05, 0.1) is 35.7 Å². The summed E-state index contributed by atoms with van der Waals surface area (Å²) in [6.07, 6.45) is 7.12. The Bertz CT molecular complexity index is 1500. The third kappa shape index (κ3) is 4.40. The number of anilines is 2. The Labute approximate surface area is 215 Å². The molecule has 0 radical (unpaired) electrons. The number of ether oxygens (including phenoxy) is 1. The van der Waals surface area contributed by atoms with Gasteiger partial charge in [-0.3, -0.25) is 14.5 Å². The number of pyridine rings is 2. The van der Waals surface area contributed by atoms with Crippen LogP contribution in [0.1, 0.15) is 31.2 Å². The fourth-order valence-corrected chi connectivity index (χ4v) is 5.81. The molecule has 3 aromatic rings. The highest BCUT2D eigenvalue weighted by molar-refractivity contribution is 7.92. The fraction of sp³-hybridized carbons (Fsp3) is 0.423. The summed E-state index contributed by atoms with van der Waals surface area (Å²) in [6.45, 7) is 1.14. The van der Waals surface area contributed by atoms with Crippen LogP contribution in [-0.4, -0.2) is 69.7 Å². The summed E-state index contributed by atoms with van der Waals surface area (Å²) in [5.74, 6) is -0.412. The Hall–Kier alpha value is -3.31. The maximum atomic E-state index is 16.3. The minimum absolute atomic E-state index is 0.0232. The first-order valence-electron chi connectivity index (χ1n) is 12.2. The summed E-state index contributed by atoms with van der Waals surface area (Å²) in [5.41, 5.74) is 1.83. The van der Waals surface area contributed by atoms with Gasteiger partial charge in [0.25, 0.3) is 0 Å². The molecule has 196 valence electrons. The number of fused-ring (bicyclic) bond motifs is 4. The number of aromatic nitrogens is 2. The zero-order chi connectivity index (χ0) is 26.5. The van der Waals surface area contributed by atoms with Crippen molar-refractivity contribution < 1.29 is 22.3 Å². The largest absolute Gasteiger partial charge is 0.476 e. The number of amides is 1. The lowest BCUT2D eigenvalue weighted by atomic mass is 9.64. The average molecular weight is 528 g/mol. The Balaban J connectivity index is 1.60. The van der Waals surface area contributed by atoms with Gasteiger partial charge >= 0.3 is 0 Å². The molecule has 5 rings (SSSR count). The van der Waals surface area contributed by atoms with E-state index in [0.717, 1.165) is 25.6 Å². The molecule has 1 amide bonds. The van der Waals surface area contributed by atoms with E-state index >= 15 is 4.39 Å². The smallest absolute Gasteiger partial charge is 0.238 e. The molecule has 1 aromatic carbocycles. The number of carbonyl (C=O) groups is 1. The predicted molar refractivity (Wildman–Crippen MR) is 141 cm³/mol. The lowest BCUT2D eigenvalue weighted by Crippen LogP contribution is -2.44. The van der Waals surface area contributed by atoms with Crippen LogP contribution >= 0.6 is 0 Å².